The van der Waals surface area contributed by atoms with Crippen LogP contribution in [0.3, 0.4) is 0 Å². The van der Waals surface area contributed by atoms with Gasteiger partial charge in [0.25, 0.3) is 5.91 Å². The first-order chi connectivity index (χ1) is 27.7. The van der Waals surface area contributed by atoms with Gasteiger partial charge in [-0.3, -0.25) is 9.59 Å². The second-order valence-electron chi connectivity index (χ2n) is 14.9. The molecule has 2 amide bonds. The van der Waals surface area contributed by atoms with E-state index in [1.807, 2.05) is 79.7 Å². The van der Waals surface area contributed by atoms with Gasteiger partial charge in [0.2, 0.25) is 5.56 Å². The number of carbonyl (C=O) groups excluding carboxylic acids is 2. The molecule has 4 aromatic carbocycles. The molecule has 57 heavy (non-hydrogen) atoms. The summed E-state index contributed by atoms with van der Waals surface area (Å²) < 4.78 is 11.7. The summed E-state index contributed by atoms with van der Waals surface area (Å²) in [6, 6.07) is 29.6. The van der Waals surface area contributed by atoms with Crippen molar-refractivity contribution in [2.45, 2.75) is 51.5 Å². The van der Waals surface area contributed by atoms with Crippen molar-refractivity contribution in [2.24, 2.45) is 5.92 Å². The van der Waals surface area contributed by atoms with Crippen LogP contribution in [0.1, 0.15) is 59.3 Å². The number of rotatable bonds is 16. The van der Waals surface area contributed by atoms with Gasteiger partial charge in [0, 0.05) is 49.2 Å². The number of alkyl carbamates (subject to hydrolysis) is 1. The molecule has 0 radical (unpaired) electrons. The Morgan fingerprint density at radius 1 is 0.930 bits per heavy atom. The number of pyridine rings is 1. The predicted octanol–water partition coefficient (Wildman–Crippen LogP) is 5.98. The van der Waals surface area contributed by atoms with E-state index in [2.05, 4.69) is 20.5 Å². The number of phenolic OH excluding ortho intramolecular Hbond substituents is 1. The van der Waals surface area contributed by atoms with Gasteiger partial charge in [-0.2, -0.15) is 0 Å². The second kappa shape index (κ2) is 18.5. The zero-order valence-corrected chi connectivity index (χ0v) is 32.3. The number of aliphatic hydroxyl groups is 1. The highest BCUT2D eigenvalue weighted by Gasteiger charge is 2.35. The van der Waals surface area contributed by atoms with Crippen LogP contribution in [0.5, 0.6) is 11.5 Å². The summed E-state index contributed by atoms with van der Waals surface area (Å²) >= 11 is 0. The van der Waals surface area contributed by atoms with E-state index in [-0.39, 0.29) is 42.5 Å². The number of H-pyrrole nitrogens is 1. The third-order valence-electron chi connectivity index (χ3n) is 11.1. The van der Waals surface area contributed by atoms with Gasteiger partial charge in [-0.05, 0) is 116 Å². The van der Waals surface area contributed by atoms with Crippen LogP contribution in [0.15, 0.2) is 102 Å². The van der Waals surface area contributed by atoms with Crippen molar-refractivity contribution in [3.8, 4) is 22.6 Å². The zero-order chi connectivity index (χ0) is 39.7. The van der Waals surface area contributed by atoms with Crippen molar-refractivity contribution in [2.75, 3.05) is 45.8 Å². The molecule has 3 saturated heterocycles. The van der Waals surface area contributed by atoms with Crippen molar-refractivity contribution in [1.82, 2.24) is 25.4 Å². The van der Waals surface area contributed by atoms with Crippen molar-refractivity contribution >= 4 is 22.9 Å². The van der Waals surface area contributed by atoms with E-state index in [9.17, 15) is 24.6 Å². The number of carbonyl (C=O) groups is 2. The summed E-state index contributed by atoms with van der Waals surface area (Å²) in [5.41, 5.74) is 4.97. The average molecular weight is 774 g/mol. The first-order valence-corrected chi connectivity index (χ1v) is 19.8. The number of aliphatic hydroxyl groups excluding tert-OH is 1. The van der Waals surface area contributed by atoms with Crippen LogP contribution in [0.25, 0.3) is 22.0 Å². The van der Waals surface area contributed by atoms with E-state index >= 15 is 0 Å². The molecule has 12 nitrogen and oxygen atoms in total. The number of aromatic hydroxyl groups is 1. The maximum absolute atomic E-state index is 13.5. The molecule has 0 unspecified atom stereocenters. The molecule has 4 heterocycles. The lowest BCUT2D eigenvalue weighted by Gasteiger charge is -2.44. The number of benzene rings is 4. The Kier molecular flexibility index (Phi) is 12.8. The largest absolute Gasteiger partial charge is 0.506 e. The maximum atomic E-state index is 13.5. The highest BCUT2D eigenvalue weighted by Crippen LogP contribution is 2.30. The Balaban J connectivity index is 0.855. The Labute approximate surface area is 332 Å². The smallest absolute Gasteiger partial charge is 0.407 e. The van der Waals surface area contributed by atoms with Crippen LogP contribution < -0.4 is 20.9 Å². The van der Waals surface area contributed by atoms with E-state index in [0.29, 0.717) is 66.4 Å². The molecular formula is C45H51N5O7. The lowest BCUT2D eigenvalue weighted by molar-refractivity contribution is 0.0642. The lowest BCUT2D eigenvalue weighted by atomic mass is 9.84. The quantitative estimate of drug-likeness (QED) is 0.0763. The number of piperidine rings is 3. The molecule has 12 heteroatoms. The van der Waals surface area contributed by atoms with Gasteiger partial charge in [0.15, 0.2) is 0 Å². The van der Waals surface area contributed by atoms with Crippen LogP contribution in [0.4, 0.5) is 4.79 Å². The van der Waals surface area contributed by atoms with Crippen LogP contribution in [0.2, 0.25) is 0 Å². The molecule has 5 aromatic rings. The maximum Gasteiger partial charge on any atom is 0.407 e. The lowest BCUT2D eigenvalue weighted by Crippen LogP contribution is -2.57. The third-order valence-corrected chi connectivity index (χ3v) is 11.1. The molecule has 2 atom stereocenters. The summed E-state index contributed by atoms with van der Waals surface area (Å²) in [5, 5.41) is 27.9. The predicted molar refractivity (Wildman–Crippen MR) is 219 cm³/mol. The van der Waals surface area contributed by atoms with Gasteiger partial charge >= 0.3 is 6.09 Å². The van der Waals surface area contributed by atoms with Gasteiger partial charge in [-0.25, -0.2) is 4.79 Å². The average Bonchev–Trinajstić information content (AvgIpc) is 3.24. The minimum atomic E-state index is -0.853. The Hall–Kier alpha value is -5.69. The Morgan fingerprint density at radius 3 is 2.51 bits per heavy atom. The molecule has 298 valence electrons. The molecular weight excluding hydrogens is 723 g/mol. The molecule has 0 aliphatic carbocycles. The number of fused-ring (bicyclic) bond motifs is 4. The van der Waals surface area contributed by atoms with Crippen molar-refractivity contribution in [1.29, 1.82) is 0 Å². The summed E-state index contributed by atoms with van der Waals surface area (Å²) in [5.74, 6) is 1.15. The van der Waals surface area contributed by atoms with E-state index in [4.69, 9.17) is 9.47 Å². The number of nitrogens with zero attached hydrogens (tertiary/aromatic N) is 2. The van der Waals surface area contributed by atoms with E-state index in [1.54, 1.807) is 17.0 Å². The van der Waals surface area contributed by atoms with Crippen LogP contribution in [0, 0.1) is 5.92 Å². The molecule has 3 fully saturated rings. The number of amides is 2. The van der Waals surface area contributed by atoms with Crippen LogP contribution in [-0.4, -0.2) is 88.9 Å². The first-order valence-electron chi connectivity index (χ1n) is 19.8. The minimum Gasteiger partial charge on any atom is -0.506 e. The van der Waals surface area contributed by atoms with Crippen molar-refractivity contribution in [3.05, 3.63) is 130 Å². The van der Waals surface area contributed by atoms with Gasteiger partial charge in [0.05, 0.1) is 11.6 Å². The monoisotopic (exact) mass is 773 g/mol. The molecule has 5 N–H and O–H groups in total. The topological polar surface area (TPSA) is 156 Å². The molecule has 1 aromatic heterocycles. The minimum absolute atomic E-state index is 0.0523. The second-order valence-corrected chi connectivity index (χ2v) is 14.9. The third kappa shape index (κ3) is 10.0. The summed E-state index contributed by atoms with van der Waals surface area (Å²) in [6.45, 7) is 7.57. The van der Waals surface area contributed by atoms with E-state index in [1.165, 1.54) is 12.1 Å². The van der Waals surface area contributed by atoms with Crippen molar-refractivity contribution in [3.63, 3.8) is 0 Å². The Bertz CT molecular complexity index is 2220. The van der Waals surface area contributed by atoms with Gasteiger partial charge in [-0.1, -0.05) is 54.6 Å². The SMILES string of the molecule is CCN(CCCNC[C@H](O)c1ccc(O)c2[nH]c(=O)ccc12)C(=O)c1cccc(COc2cccc(-c3ccc(COC(=O)N[C@H]4CN5CCC4CC5)cc3)c2)c1. The number of aromatic nitrogens is 1. The first kappa shape index (κ1) is 39.5. The molecule has 0 spiro atoms. The fourth-order valence-corrected chi connectivity index (χ4v) is 7.87. The number of phenols is 1. The molecule has 2 bridgehead atoms. The van der Waals surface area contributed by atoms with Gasteiger partial charge in [-0.15, -0.1) is 0 Å². The number of aromatic amines is 1. The summed E-state index contributed by atoms with van der Waals surface area (Å²) in [6.07, 6.45) is 1.74. The summed E-state index contributed by atoms with van der Waals surface area (Å²) in [7, 11) is 0. The summed E-state index contributed by atoms with van der Waals surface area (Å²) in [4.78, 5) is 44.5. The van der Waals surface area contributed by atoms with E-state index < -0.39 is 6.10 Å². The molecule has 3 aliphatic heterocycles. The van der Waals surface area contributed by atoms with Crippen LogP contribution in [-0.2, 0) is 18.0 Å². The molecule has 3 aliphatic rings. The standard InChI is InChI=1S/C45H51N5O7/c1-2-50(21-5-20-46-26-41(52)37-14-16-40(51)43-38(37)15-17-42(53)48-43)44(54)35-8-3-6-31(24-35)29-56-36-9-4-7-34(25-36)32-12-10-30(11-13-32)28-57-45(55)47-39-27-49-22-18-33(39)19-23-49/h3-4,6-17,24-25,33,39,41,46,51-52H,2,5,18-23,26-29H2,1H3,(H,47,55)(H,48,53)/t39-,41-/m0/s1. The zero-order valence-electron chi connectivity index (χ0n) is 32.3. The van der Waals surface area contributed by atoms with Crippen LogP contribution >= 0.6 is 0 Å². The number of nitrogens with one attached hydrogen (secondary N) is 3. The van der Waals surface area contributed by atoms with Crippen molar-refractivity contribution < 1.29 is 29.3 Å². The van der Waals surface area contributed by atoms with Gasteiger partial charge in [0.1, 0.15) is 24.7 Å². The highest BCUT2D eigenvalue weighted by atomic mass is 16.5. The fourth-order valence-electron chi connectivity index (χ4n) is 7.87. The molecule has 8 rings (SSSR count). The van der Waals surface area contributed by atoms with Gasteiger partial charge < -0.3 is 45.1 Å². The van der Waals surface area contributed by atoms with E-state index in [0.717, 1.165) is 54.7 Å². The number of hydrogen-bond acceptors (Lipinski definition) is 9. The number of ether oxygens (including phenoxy) is 2. The number of hydrogen-bond donors (Lipinski definition) is 5. The highest BCUT2D eigenvalue weighted by molar-refractivity contribution is 5.94. The Morgan fingerprint density at radius 2 is 1.74 bits per heavy atom. The molecule has 0 saturated carbocycles. The fraction of sp³-hybridized carbons (Fsp3) is 0.356. The normalized spacial score (nSPS) is 17.9.